The van der Waals surface area contributed by atoms with Crippen LogP contribution in [-0.2, 0) is 4.79 Å². The molecule has 0 fully saturated rings. The molecule has 0 aliphatic rings. The fourth-order valence-corrected chi connectivity index (χ4v) is 2.99. The fourth-order valence-electron chi connectivity index (χ4n) is 2.54. The van der Waals surface area contributed by atoms with Crippen molar-refractivity contribution in [1.82, 2.24) is 10.9 Å². The Bertz CT molecular complexity index is 1060. The quantitative estimate of drug-likeness (QED) is 0.557. The van der Waals surface area contributed by atoms with Crippen molar-refractivity contribution >= 4 is 45.8 Å². The summed E-state index contributed by atoms with van der Waals surface area (Å²) in [5.74, 6) is -1.14. The monoisotopic (exact) mass is 418 g/mol. The summed E-state index contributed by atoms with van der Waals surface area (Å²) < 4.78 is 5.48. The molecule has 1 atom stereocenters. The molecule has 0 saturated heterocycles. The molecule has 3 aromatic rings. The minimum atomic E-state index is -0.941. The van der Waals surface area contributed by atoms with E-state index in [-0.39, 0.29) is 22.1 Å². The lowest BCUT2D eigenvalue weighted by Crippen LogP contribution is -2.47. The predicted octanol–water partition coefficient (Wildman–Crippen LogP) is 4.08. The first-order valence-electron chi connectivity index (χ1n) is 8.29. The average molecular weight is 419 g/mol. The van der Waals surface area contributed by atoms with E-state index in [1.54, 1.807) is 30.3 Å². The maximum atomic E-state index is 12.3. The molecule has 144 valence electrons. The highest BCUT2D eigenvalue weighted by molar-refractivity contribution is 6.35. The van der Waals surface area contributed by atoms with Gasteiger partial charge in [0.15, 0.2) is 6.10 Å². The van der Waals surface area contributed by atoms with E-state index in [4.69, 9.17) is 27.9 Å². The normalized spacial score (nSPS) is 11.7. The molecule has 0 heterocycles. The SMILES string of the molecule is C[C@@H](Oc1ccc(Cl)cc1Cl)C(=O)NNC(=O)c1ccc2ccccc2c1O. The number of phenols is 1. The number of phenolic OH excluding ortho intramolecular Hbond substituents is 1. The van der Waals surface area contributed by atoms with Crippen LogP contribution in [0.15, 0.2) is 54.6 Å². The minimum absolute atomic E-state index is 0.0355. The Balaban J connectivity index is 1.64. The summed E-state index contributed by atoms with van der Waals surface area (Å²) in [6.07, 6.45) is -0.941. The van der Waals surface area contributed by atoms with Crippen LogP contribution in [0.1, 0.15) is 17.3 Å². The van der Waals surface area contributed by atoms with Gasteiger partial charge in [0.1, 0.15) is 11.5 Å². The van der Waals surface area contributed by atoms with Crippen molar-refractivity contribution in [1.29, 1.82) is 0 Å². The summed E-state index contributed by atoms with van der Waals surface area (Å²) >= 11 is 11.8. The maximum Gasteiger partial charge on any atom is 0.279 e. The zero-order valence-corrected chi connectivity index (χ0v) is 16.2. The van der Waals surface area contributed by atoms with E-state index in [1.807, 2.05) is 12.1 Å². The molecule has 0 radical (unpaired) electrons. The van der Waals surface area contributed by atoms with Gasteiger partial charge in [0, 0.05) is 10.4 Å². The molecule has 3 aromatic carbocycles. The lowest BCUT2D eigenvalue weighted by molar-refractivity contribution is -0.128. The molecule has 8 heteroatoms. The second-order valence-corrected chi connectivity index (χ2v) is 6.80. The third-order valence-corrected chi connectivity index (χ3v) is 4.54. The lowest BCUT2D eigenvalue weighted by atomic mass is 10.1. The van der Waals surface area contributed by atoms with E-state index in [0.29, 0.717) is 10.4 Å². The highest BCUT2D eigenvalue weighted by Crippen LogP contribution is 2.29. The number of nitrogens with one attached hydrogen (secondary N) is 2. The molecule has 0 bridgehead atoms. The number of benzene rings is 3. The summed E-state index contributed by atoms with van der Waals surface area (Å²) in [7, 11) is 0. The minimum Gasteiger partial charge on any atom is -0.506 e. The van der Waals surface area contributed by atoms with Gasteiger partial charge in [0.05, 0.1) is 10.6 Å². The summed E-state index contributed by atoms with van der Waals surface area (Å²) in [4.78, 5) is 24.5. The van der Waals surface area contributed by atoms with E-state index in [9.17, 15) is 14.7 Å². The van der Waals surface area contributed by atoms with Crippen LogP contribution in [-0.4, -0.2) is 23.0 Å². The fraction of sp³-hybridized carbons (Fsp3) is 0.100. The molecular formula is C20H16Cl2N2O4. The van der Waals surface area contributed by atoms with Crippen molar-refractivity contribution in [2.75, 3.05) is 0 Å². The number of halogens is 2. The number of carbonyl (C=O) groups excluding carboxylic acids is 2. The maximum absolute atomic E-state index is 12.3. The number of hydrogen-bond donors (Lipinski definition) is 3. The predicted molar refractivity (Wildman–Crippen MR) is 108 cm³/mol. The van der Waals surface area contributed by atoms with Crippen LogP contribution in [0.5, 0.6) is 11.5 Å². The van der Waals surface area contributed by atoms with Gasteiger partial charge in [0.2, 0.25) is 0 Å². The van der Waals surface area contributed by atoms with E-state index >= 15 is 0 Å². The molecule has 2 amide bonds. The van der Waals surface area contributed by atoms with Crippen LogP contribution in [0, 0.1) is 0 Å². The Hall–Kier alpha value is -2.96. The van der Waals surface area contributed by atoms with Crippen LogP contribution < -0.4 is 15.6 Å². The smallest absolute Gasteiger partial charge is 0.279 e. The van der Waals surface area contributed by atoms with Crippen LogP contribution in [0.3, 0.4) is 0 Å². The molecule has 6 nitrogen and oxygen atoms in total. The number of fused-ring (bicyclic) bond motifs is 1. The topological polar surface area (TPSA) is 87.7 Å². The van der Waals surface area contributed by atoms with Crippen molar-refractivity contribution in [3.05, 3.63) is 70.2 Å². The van der Waals surface area contributed by atoms with Gasteiger partial charge in [-0.15, -0.1) is 0 Å². The molecule has 0 unspecified atom stereocenters. The zero-order valence-electron chi connectivity index (χ0n) is 14.7. The van der Waals surface area contributed by atoms with Crippen molar-refractivity contribution in [3.8, 4) is 11.5 Å². The number of ether oxygens (including phenoxy) is 1. The van der Waals surface area contributed by atoms with Gasteiger partial charge in [-0.25, -0.2) is 0 Å². The van der Waals surface area contributed by atoms with Gasteiger partial charge in [-0.3, -0.25) is 20.4 Å². The van der Waals surface area contributed by atoms with E-state index in [0.717, 1.165) is 5.39 Å². The summed E-state index contributed by atoms with van der Waals surface area (Å²) in [6, 6.07) is 14.9. The van der Waals surface area contributed by atoms with E-state index in [1.165, 1.54) is 19.1 Å². The number of aromatic hydroxyl groups is 1. The third kappa shape index (κ3) is 4.30. The Morgan fingerprint density at radius 2 is 1.79 bits per heavy atom. The van der Waals surface area contributed by atoms with Crippen molar-refractivity contribution in [2.45, 2.75) is 13.0 Å². The van der Waals surface area contributed by atoms with Crippen molar-refractivity contribution in [3.63, 3.8) is 0 Å². The first kappa shape index (κ1) is 19.8. The molecule has 3 N–H and O–H groups in total. The number of hydrazine groups is 1. The van der Waals surface area contributed by atoms with Gasteiger partial charge in [-0.05, 0) is 36.6 Å². The molecular weight excluding hydrogens is 403 g/mol. The first-order chi connectivity index (χ1) is 13.4. The van der Waals surface area contributed by atoms with Crippen LogP contribution in [0.4, 0.5) is 0 Å². The van der Waals surface area contributed by atoms with Gasteiger partial charge < -0.3 is 9.84 Å². The third-order valence-electron chi connectivity index (χ3n) is 4.01. The number of hydrogen-bond acceptors (Lipinski definition) is 4. The van der Waals surface area contributed by atoms with Gasteiger partial charge in [0.25, 0.3) is 11.8 Å². The van der Waals surface area contributed by atoms with Crippen LogP contribution >= 0.6 is 23.2 Å². The van der Waals surface area contributed by atoms with Gasteiger partial charge in [-0.2, -0.15) is 0 Å². The van der Waals surface area contributed by atoms with E-state index < -0.39 is 17.9 Å². The molecule has 28 heavy (non-hydrogen) atoms. The number of carbonyl (C=O) groups is 2. The van der Waals surface area contributed by atoms with Crippen LogP contribution in [0.25, 0.3) is 10.8 Å². The largest absolute Gasteiger partial charge is 0.506 e. The molecule has 0 saturated carbocycles. The number of rotatable bonds is 4. The van der Waals surface area contributed by atoms with Gasteiger partial charge in [-0.1, -0.05) is 53.5 Å². The Morgan fingerprint density at radius 3 is 2.54 bits per heavy atom. The summed E-state index contributed by atoms with van der Waals surface area (Å²) in [6.45, 7) is 1.50. The first-order valence-corrected chi connectivity index (χ1v) is 9.05. The Labute approximate surface area is 171 Å². The molecule has 0 spiro atoms. The average Bonchev–Trinajstić information content (AvgIpc) is 2.68. The standard InChI is InChI=1S/C20H16Cl2N2O4/c1-11(28-17-9-7-13(21)10-16(17)22)19(26)23-24-20(27)15-8-6-12-4-2-3-5-14(12)18(15)25/h2-11,25H,1H3,(H,23,26)(H,24,27)/t11-/m1/s1. The summed E-state index contributed by atoms with van der Waals surface area (Å²) in [5, 5.41) is 12.4. The van der Waals surface area contributed by atoms with Gasteiger partial charge >= 0.3 is 0 Å². The Morgan fingerprint density at radius 1 is 1.04 bits per heavy atom. The van der Waals surface area contributed by atoms with Crippen molar-refractivity contribution in [2.24, 2.45) is 0 Å². The zero-order chi connectivity index (χ0) is 20.3. The highest BCUT2D eigenvalue weighted by Gasteiger charge is 2.19. The lowest BCUT2D eigenvalue weighted by Gasteiger charge is -2.16. The molecule has 3 rings (SSSR count). The molecule has 0 aliphatic heterocycles. The Kier molecular flexibility index (Phi) is 5.92. The molecule has 0 aromatic heterocycles. The van der Waals surface area contributed by atoms with Crippen molar-refractivity contribution < 1.29 is 19.4 Å². The second kappa shape index (κ2) is 8.37. The molecule has 0 aliphatic carbocycles. The van der Waals surface area contributed by atoms with Crippen LogP contribution in [0.2, 0.25) is 10.0 Å². The summed E-state index contributed by atoms with van der Waals surface area (Å²) in [5.41, 5.74) is 4.56. The van der Waals surface area contributed by atoms with E-state index in [2.05, 4.69) is 10.9 Å². The second-order valence-electron chi connectivity index (χ2n) is 5.96. The highest BCUT2D eigenvalue weighted by atomic mass is 35.5. The number of amides is 2.